The first-order valence-electron chi connectivity index (χ1n) is 13.2. The summed E-state index contributed by atoms with van der Waals surface area (Å²) in [6.07, 6.45) is 8.04. The van der Waals surface area contributed by atoms with Gasteiger partial charge in [-0.1, -0.05) is 11.6 Å². The third kappa shape index (κ3) is 6.35. The number of halogens is 2. The van der Waals surface area contributed by atoms with Crippen LogP contribution in [0.3, 0.4) is 0 Å². The number of benzene rings is 1. The molecule has 1 unspecified atom stereocenters. The van der Waals surface area contributed by atoms with Crippen LogP contribution in [-0.4, -0.2) is 63.8 Å². The van der Waals surface area contributed by atoms with E-state index in [4.69, 9.17) is 30.2 Å². The number of ether oxygens (including phenoxy) is 3. The summed E-state index contributed by atoms with van der Waals surface area (Å²) >= 11 is 10.5. The van der Waals surface area contributed by atoms with Crippen molar-refractivity contribution in [2.75, 3.05) is 26.3 Å². The highest BCUT2D eigenvalue weighted by molar-refractivity contribution is 9.10. The van der Waals surface area contributed by atoms with E-state index in [9.17, 15) is 4.79 Å². The van der Waals surface area contributed by atoms with Gasteiger partial charge in [-0.15, -0.1) is 0 Å². The normalized spacial score (nSPS) is 20.7. The molecule has 11 heteroatoms. The van der Waals surface area contributed by atoms with Gasteiger partial charge in [0.05, 0.1) is 43.6 Å². The molecule has 0 saturated carbocycles. The van der Waals surface area contributed by atoms with E-state index in [1.807, 2.05) is 37.7 Å². The van der Waals surface area contributed by atoms with Crippen LogP contribution in [0.1, 0.15) is 63.5 Å². The zero-order valence-corrected chi connectivity index (χ0v) is 24.4. The lowest BCUT2D eigenvalue weighted by Crippen LogP contribution is -2.48. The second kappa shape index (κ2) is 11.5. The molecule has 2 atom stereocenters. The summed E-state index contributed by atoms with van der Waals surface area (Å²) in [4.78, 5) is 18.6. The van der Waals surface area contributed by atoms with Crippen LogP contribution in [0.15, 0.2) is 27.3 Å². The van der Waals surface area contributed by atoms with Gasteiger partial charge in [-0.3, -0.25) is 0 Å². The first kappa shape index (κ1) is 27.4. The van der Waals surface area contributed by atoms with E-state index in [1.54, 1.807) is 11.1 Å². The molecule has 0 spiro atoms. The first-order valence-corrected chi connectivity index (χ1v) is 14.3. The van der Waals surface area contributed by atoms with Crippen molar-refractivity contribution in [3.63, 3.8) is 0 Å². The van der Waals surface area contributed by atoms with Gasteiger partial charge in [-0.2, -0.15) is 5.10 Å². The lowest BCUT2D eigenvalue weighted by atomic mass is 10.1. The Balaban J connectivity index is 1.21. The van der Waals surface area contributed by atoms with Crippen LogP contribution in [-0.2, 0) is 33.5 Å². The van der Waals surface area contributed by atoms with Crippen molar-refractivity contribution in [2.24, 2.45) is 0 Å². The molecule has 0 radical (unpaired) electrons. The fourth-order valence-corrected chi connectivity index (χ4v) is 5.99. The van der Waals surface area contributed by atoms with E-state index in [2.05, 4.69) is 26.0 Å². The summed E-state index contributed by atoms with van der Waals surface area (Å²) in [6.45, 7) is 7.74. The number of carbonyl (C=O) groups excluding carboxylic acids is 1. The molecule has 1 aromatic carbocycles. The molecule has 4 heterocycles. The number of fused-ring (bicyclic) bond motifs is 1. The fourth-order valence-electron chi connectivity index (χ4n) is 4.87. The summed E-state index contributed by atoms with van der Waals surface area (Å²) in [7, 11) is 0. The summed E-state index contributed by atoms with van der Waals surface area (Å²) < 4.78 is 26.2. The molecule has 38 heavy (non-hydrogen) atoms. The number of aromatic nitrogens is 3. The third-order valence-electron chi connectivity index (χ3n) is 6.73. The van der Waals surface area contributed by atoms with Crippen molar-refractivity contribution in [3.05, 3.63) is 45.2 Å². The molecule has 2 aliphatic rings. The van der Waals surface area contributed by atoms with Gasteiger partial charge < -0.3 is 23.5 Å². The Bertz CT molecular complexity index is 1280. The number of nitrogens with zero attached hydrogens (tertiary/aromatic N) is 4. The van der Waals surface area contributed by atoms with E-state index >= 15 is 0 Å². The number of hydrogen-bond acceptors (Lipinski definition) is 7. The van der Waals surface area contributed by atoms with Crippen LogP contribution in [0, 0.1) is 0 Å². The Morgan fingerprint density at radius 3 is 2.82 bits per heavy atom. The molecular formula is C27H34BrClN4O5. The molecule has 0 aliphatic carbocycles. The summed E-state index contributed by atoms with van der Waals surface area (Å²) in [5.41, 5.74) is 1.44. The van der Waals surface area contributed by atoms with Crippen LogP contribution < -0.4 is 0 Å². The van der Waals surface area contributed by atoms with Crippen molar-refractivity contribution in [1.29, 1.82) is 0 Å². The van der Waals surface area contributed by atoms with E-state index < -0.39 is 5.60 Å². The van der Waals surface area contributed by atoms with Crippen LogP contribution in [0.4, 0.5) is 4.79 Å². The van der Waals surface area contributed by atoms with Gasteiger partial charge in [0, 0.05) is 34.5 Å². The first-order chi connectivity index (χ1) is 18.2. The number of morpholine rings is 1. The van der Waals surface area contributed by atoms with Gasteiger partial charge in [0.2, 0.25) is 0 Å². The average Bonchev–Trinajstić information content (AvgIpc) is 3.50. The second-order valence-corrected chi connectivity index (χ2v) is 12.0. The zero-order valence-electron chi connectivity index (χ0n) is 22.0. The number of carbonyl (C=O) groups is 1. The minimum atomic E-state index is -0.533. The highest BCUT2D eigenvalue weighted by Crippen LogP contribution is 2.36. The maximum Gasteiger partial charge on any atom is 0.410 e. The predicted molar refractivity (Wildman–Crippen MR) is 146 cm³/mol. The van der Waals surface area contributed by atoms with Crippen molar-refractivity contribution >= 4 is 44.5 Å². The standard InChI is InChI=1S/C27H34BrClN4O5/c1-27(2,3)38-26(34)32-9-11-35-18(16-32)12-23-30-14-17(37-23)7-8-19-21(29)13-22-20(25(19)28)15-31-33(22)24-6-4-5-10-36-24/h13-15,18,24H,4-12,16H2,1-3H3/t18-,24?/m0/s1. The van der Waals surface area contributed by atoms with Gasteiger partial charge in [-0.05, 0) is 74.0 Å². The summed E-state index contributed by atoms with van der Waals surface area (Å²) in [5, 5.41) is 6.30. The zero-order chi connectivity index (χ0) is 26.9. The number of oxazole rings is 1. The molecule has 3 aromatic rings. The molecule has 0 N–H and O–H groups in total. The Hall–Kier alpha value is -2.14. The fraction of sp³-hybridized carbons (Fsp3) is 0.593. The molecule has 9 nitrogen and oxygen atoms in total. The van der Waals surface area contributed by atoms with E-state index in [0.717, 1.165) is 52.6 Å². The molecule has 2 fully saturated rings. The molecule has 1 amide bonds. The molecular weight excluding hydrogens is 576 g/mol. The number of amides is 1. The topological polar surface area (TPSA) is 91.8 Å². The lowest BCUT2D eigenvalue weighted by Gasteiger charge is -2.33. The van der Waals surface area contributed by atoms with E-state index in [-0.39, 0.29) is 18.4 Å². The Morgan fingerprint density at radius 2 is 2.05 bits per heavy atom. The van der Waals surface area contributed by atoms with Crippen molar-refractivity contribution in [3.8, 4) is 0 Å². The largest absolute Gasteiger partial charge is 0.446 e. The predicted octanol–water partition coefficient (Wildman–Crippen LogP) is 6.10. The highest BCUT2D eigenvalue weighted by atomic mass is 79.9. The van der Waals surface area contributed by atoms with E-state index in [0.29, 0.717) is 49.9 Å². The smallest absolute Gasteiger partial charge is 0.410 e. The minimum absolute atomic E-state index is 0.0490. The van der Waals surface area contributed by atoms with Crippen molar-refractivity contribution < 1.29 is 23.4 Å². The quantitative estimate of drug-likeness (QED) is 0.333. The molecule has 2 saturated heterocycles. The van der Waals surface area contributed by atoms with E-state index in [1.165, 1.54) is 0 Å². The summed E-state index contributed by atoms with van der Waals surface area (Å²) in [6, 6.07) is 1.98. The van der Waals surface area contributed by atoms with Crippen molar-refractivity contribution in [1.82, 2.24) is 19.7 Å². The van der Waals surface area contributed by atoms with Crippen LogP contribution in [0.2, 0.25) is 5.02 Å². The van der Waals surface area contributed by atoms with Crippen LogP contribution in [0.25, 0.3) is 10.9 Å². The number of rotatable bonds is 6. The molecule has 2 aromatic heterocycles. The number of hydrogen-bond donors (Lipinski definition) is 0. The van der Waals surface area contributed by atoms with Crippen molar-refractivity contribution in [2.45, 2.75) is 77.2 Å². The number of aryl methyl sites for hydroxylation is 1. The third-order valence-corrected chi connectivity index (χ3v) is 7.97. The molecule has 2 aliphatic heterocycles. The van der Waals surface area contributed by atoms with Gasteiger partial charge in [0.25, 0.3) is 0 Å². The highest BCUT2D eigenvalue weighted by Gasteiger charge is 2.29. The second-order valence-electron chi connectivity index (χ2n) is 10.8. The maximum atomic E-state index is 12.4. The maximum absolute atomic E-state index is 12.4. The Morgan fingerprint density at radius 1 is 1.21 bits per heavy atom. The van der Waals surface area contributed by atoms with Gasteiger partial charge in [0.1, 0.15) is 11.4 Å². The average molecular weight is 610 g/mol. The van der Waals surface area contributed by atoms with Gasteiger partial charge in [0.15, 0.2) is 12.1 Å². The minimum Gasteiger partial charge on any atom is -0.446 e. The monoisotopic (exact) mass is 608 g/mol. The molecule has 206 valence electrons. The SMILES string of the molecule is CC(C)(C)OC(=O)N1CCO[C@@H](Cc2ncc(CCc3c(Cl)cc4c(cnn4C4CCCCO4)c3Br)o2)C1. The molecule has 5 rings (SSSR count). The summed E-state index contributed by atoms with van der Waals surface area (Å²) in [5.74, 6) is 1.36. The van der Waals surface area contributed by atoms with Gasteiger partial charge >= 0.3 is 6.09 Å². The van der Waals surface area contributed by atoms with Crippen LogP contribution >= 0.6 is 27.5 Å². The lowest BCUT2D eigenvalue weighted by molar-refractivity contribution is -0.0433. The Kier molecular flexibility index (Phi) is 8.33. The Labute approximate surface area is 235 Å². The van der Waals surface area contributed by atoms with Crippen LogP contribution in [0.5, 0.6) is 0 Å². The molecule has 0 bridgehead atoms. The van der Waals surface area contributed by atoms with Gasteiger partial charge in [-0.25, -0.2) is 14.5 Å².